The van der Waals surface area contributed by atoms with Crippen molar-refractivity contribution >= 4 is 0 Å². The number of rotatable bonds is 7. The molecule has 106 valence electrons. The molecular weight excluding hydrogens is 228 g/mol. The smallest absolute Gasteiger partial charge is 0.0102 e. The van der Waals surface area contributed by atoms with E-state index in [9.17, 15) is 0 Å². The van der Waals surface area contributed by atoms with E-state index in [1.54, 1.807) is 0 Å². The van der Waals surface area contributed by atoms with Gasteiger partial charge in [0, 0.05) is 0 Å². The molecule has 0 aromatic heterocycles. The molecule has 0 saturated heterocycles. The van der Waals surface area contributed by atoms with Crippen LogP contribution in [-0.2, 0) is 0 Å². The molecular formula is C19H30. The molecule has 0 radical (unpaired) electrons. The van der Waals surface area contributed by atoms with Crippen LogP contribution in [0.15, 0.2) is 36.4 Å². The quantitative estimate of drug-likeness (QED) is 0.504. The van der Waals surface area contributed by atoms with Crippen LogP contribution in [0.2, 0.25) is 0 Å². The largest absolute Gasteiger partial charge is 0.100 e. The zero-order valence-electron chi connectivity index (χ0n) is 13.4. The second kappa shape index (κ2) is 7.53. The van der Waals surface area contributed by atoms with Gasteiger partial charge in [0.25, 0.3) is 0 Å². The van der Waals surface area contributed by atoms with E-state index in [-0.39, 0.29) is 0 Å². The predicted octanol–water partition coefficient (Wildman–Crippen LogP) is 6.30. The van der Waals surface area contributed by atoms with E-state index < -0.39 is 0 Å². The molecule has 0 aliphatic heterocycles. The summed E-state index contributed by atoms with van der Waals surface area (Å²) in [7, 11) is 0. The SMILES string of the molecule is C=C(C)CC(c1ccc(C(C)CCC)cc1)C(C)C. The van der Waals surface area contributed by atoms with Crippen molar-refractivity contribution in [1.29, 1.82) is 0 Å². The third-order valence-electron chi connectivity index (χ3n) is 4.03. The van der Waals surface area contributed by atoms with Gasteiger partial charge in [-0.05, 0) is 48.6 Å². The minimum absolute atomic E-state index is 0.605. The van der Waals surface area contributed by atoms with Crippen molar-refractivity contribution in [2.24, 2.45) is 5.92 Å². The van der Waals surface area contributed by atoms with Crippen LogP contribution in [0.25, 0.3) is 0 Å². The molecule has 0 heteroatoms. The normalized spacial score (nSPS) is 14.4. The van der Waals surface area contributed by atoms with Crippen LogP contribution in [0.1, 0.15) is 76.8 Å². The van der Waals surface area contributed by atoms with Crippen molar-refractivity contribution in [2.45, 2.75) is 65.7 Å². The second-order valence-corrected chi connectivity index (χ2v) is 6.37. The molecule has 0 aliphatic rings. The minimum atomic E-state index is 0.605. The summed E-state index contributed by atoms with van der Waals surface area (Å²) in [6.45, 7) is 15.4. The van der Waals surface area contributed by atoms with Gasteiger partial charge in [0.15, 0.2) is 0 Å². The summed E-state index contributed by atoms with van der Waals surface area (Å²) in [5.74, 6) is 1.95. The Hall–Kier alpha value is -1.04. The van der Waals surface area contributed by atoms with E-state index in [2.05, 4.69) is 65.5 Å². The van der Waals surface area contributed by atoms with E-state index in [1.165, 1.54) is 29.5 Å². The first-order valence-corrected chi connectivity index (χ1v) is 7.69. The minimum Gasteiger partial charge on any atom is -0.100 e. The van der Waals surface area contributed by atoms with Crippen molar-refractivity contribution in [3.05, 3.63) is 47.5 Å². The third-order valence-corrected chi connectivity index (χ3v) is 4.03. The van der Waals surface area contributed by atoms with Crippen molar-refractivity contribution in [2.75, 3.05) is 0 Å². The lowest BCUT2D eigenvalue weighted by atomic mass is 9.83. The number of benzene rings is 1. The van der Waals surface area contributed by atoms with E-state index in [0.29, 0.717) is 17.8 Å². The summed E-state index contributed by atoms with van der Waals surface area (Å²) in [4.78, 5) is 0. The highest BCUT2D eigenvalue weighted by molar-refractivity contribution is 5.28. The Morgan fingerprint density at radius 1 is 1.05 bits per heavy atom. The van der Waals surface area contributed by atoms with Gasteiger partial charge in [-0.1, -0.05) is 64.0 Å². The Morgan fingerprint density at radius 3 is 2.00 bits per heavy atom. The topological polar surface area (TPSA) is 0 Å². The van der Waals surface area contributed by atoms with Crippen LogP contribution in [0, 0.1) is 5.92 Å². The summed E-state index contributed by atoms with van der Waals surface area (Å²) in [6, 6.07) is 9.30. The monoisotopic (exact) mass is 258 g/mol. The Bertz CT molecular complexity index is 383. The summed E-state index contributed by atoms with van der Waals surface area (Å²) in [5.41, 5.74) is 4.22. The molecule has 0 amide bonds. The molecule has 0 heterocycles. The lowest BCUT2D eigenvalue weighted by Crippen LogP contribution is -2.07. The van der Waals surface area contributed by atoms with Crippen molar-refractivity contribution in [1.82, 2.24) is 0 Å². The zero-order chi connectivity index (χ0) is 14.4. The first-order chi connectivity index (χ1) is 8.95. The summed E-state index contributed by atoms with van der Waals surface area (Å²) in [6.07, 6.45) is 3.63. The Labute approximate surface area is 119 Å². The molecule has 0 saturated carbocycles. The number of allylic oxidation sites excluding steroid dienone is 1. The molecule has 19 heavy (non-hydrogen) atoms. The summed E-state index contributed by atoms with van der Waals surface area (Å²) in [5, 5.41) is 0. The first kappa shape index (κ1) is 16.0. The standard InChI is InChI=1S/C19H30/c1-7-8-16(6)17-9-11-18(12-10-17)19(15(4)5)13-14(2)3/h9-12,15-16,19H,2,7-8,13H2,1,3-6H3. The van der Waals surface area contributed by atoms with Crippen LogP contribution >= 0.6 is 0 Å². The van der Waals surface area contributed by atoms with E-state index >= 15 is 0 Å². The molecule has 1 aromatic rings. The van der Waals surface area contributed by atoms with Crippen LogP contribution in [-0.4, -0.2) is 0 Å². The van der Waals surface area contributed by atoms with Crippen molar-refractivity contribution in [3.8, 4) is 0 Å². The molecule has 2 unspecified atom stereocenters. The van der Waals surface area contributed by atoms with Gasteiger partial charge in [-0.3, -0.25) is 0 Å². The highest BCUT2D eigenvalue weighted by Gasteiger charge is 2.16. The average Bonchev–Trinajstić information content (AvgIpc) is 2.36. The van der Waals surface area contributed by atoms with Crippen LogP contribution in [0.4, 0.5) is 0 Å². The molecule has 0 nitrogen and oxygen atoms in total. The zero-order valence-corrected chi connectivity index (χ0v) is 13.4. The molecule has 0 bridgehead atoms. The van der Waals surface area contributed by atoms with Gasteiger partial charge in [0.1, 0.15) is 0 Å². The molecule has 1 aromatic carbocycles. The average molecular weight is 258 g/mol. The molecule has 1 rings (SSSR count). The maximum atomic E-state index is 4.07. The maximum Gasteiger partial charge on any atom is -0.0102 e. The lowest BCUT2D eigenvalue weighted by Gasteiger charge is -2.22. The number of hydrogen-bond donors (Lipinski definition) is 0. The third kappa shape index (κ3) is 4.86. The maximum absolute atomic E-state index is 4.07. The Balaban J connectivity index is 2.86. The first-order valence-electron chi connectivity index (χ1n) is 7.69. The fourth-order valence-corrected chi connectivity index (χ4v) is 2.79. The van der Waals surface area contributed by atoms with Crippen LogP contribution < -0.4 is 0 Å². The predicted molar refractivity (Wildman–Crippen MR) is 86.8 cm³/mol. The highest BCUT2D eigenvalue weighted by Crippen LogP contribution is 2.31. The lowest BCUT2D eigenvalue weighted by molar-refractivity contribution is 0.494. The van der Waals surface area contributed by atoms with Crippen molar-refractivity contribution < 1.29 is 0 Å². The van der Waals surface area contributed by atoms with Gasteiger partial charge in [-0.25, -0.2) is 0 Å². The van der Waals surface area contributed by atoms with Crippen LogP contribution in [0.5, 0.6) is 0 Å². The Morgan fingerprint density at radius 2 is 1.58 bits per heavy atom. The van der Waals surface area contributed by atoms with Crippen LogP contribution in [0.3, 0.4) is 0 Å². The molecule has 0 spiro atoms. The van der Waals surface area contributed by atoms with E-state index in [0.717, 1.165) is 6.42 Å². The van der Waals surface area contributed by atoms with Gasteiger partial charge in [0.05, 0.1) is 0 Å². The fourth-order valence-electron chi connectivity index (χ4n) is 2.79. The molecule has 2 atom stereocenters. The molecule has 0 aliphatic carbocycles. The summed E-state index contributed by atoms with van der Waals surface area (Å²) >= 11 is 0. The summed E-state index contributed by atoms with van der Waals surface area (Å²) < 4.78 is 0. The highest BCUT2D eigenvalue weighted by atomic mass is 14.2. The van der Waals surface area contributed by atoms with Gasteiger partial charge in [0.2, 0.25) is 0 Å². The molecule has 0 N–H and O–H groups in total. The fraction of sp³-hybridized carbons (Fsp3) is 0.579. The molecule has 0 fully saturated rings. The van der Waals surface area contributed by atoms with E-state index in [1.807, 2.05) is 0 Å². The Kier molecular flexibility index (Phi) is 6.34. The number of hydrogen-bond acceptors (Lipinski definition) is 0. The van der Waals surface area contributed by atoms with Crippen molar-refractivity contribution in [3.63, 3.8) is 0 Å². The van der Waals surface area contributed by atoms with E-state index in [4.69, 9.17) is 0 Å². The van der Waals surface area contributed by atoms with Gasteiger partial charge in [-0.2, -0.15) is 0 Å². The second-order valence-electron chi connectivity index (χ2n) is 6.37. The van der Waals surface area contributed by atoms with Gasteiger partial charge in [-0.15, -0.1) is 6.58 Å². The van der Waals surface area contributed by atoms with Gasteiger partial charge < -0.3 is 0 Å². The van der Waals surface area contributed by atoms with Gasteiger partial charge >= 0.3 is 0 Å².